The molecule has 2 unspecified atom stereocenters. The van der Waals surface area contributed by atoms with Gasteiger partial charge in [-0.2, -0.15) is 0 Å². The standard InChI is InChI=1S/C15H27BN2OP2/c1-9-12(19-13(20)21)10(6-11(17)18-9)16-7-14(2,3)15(4,5)8-16/h6,13H,7-8,20-21H2,1-5H3,(H2,17,18). The van der Waals surface area contributed by atoms with E-state index in [2.05, 4.69) is 51.2 Å². The molecule has 0 spiro atoms. The molecule has 2 N–H and O–H groups in total. The van der Waals surface area contributed by atoms with E-state index in [-0.39, 0.29) is 5.59 Å². The normalized spacial score (nSPS) is 20.1. The number of rotatable bonds is 3. The Labute approximate surface area is 133 Å². The van der Waals surface area contributed by atoms with Gasteiger partial charge in [0, 0.05) is 0 Å². The zero-order valence-electron chi connectivity index (χ0n) is 13.7. The minimum Gasteiger partial charge on any atom is -0.481 e. The van der Waals surface area contributed by atoms with Crippen molar-refractivity contribution in [2.45, 2.75) is 52.8 Å². The number of nitrogen functional groups attached to an aromatic ring is 1. The third-order valence-electron chi connectivity index (χ3n) is 5.23. The molecule has 0 aliphatic carbocycles. The highest BCUT2D eigenvalue weighted by molar-refractivity contribution is 7.37. The molecule has 2 rings (SSSR count). The van der Waals surface area contributed by atoms with Crippen LogP contribution in [0.4, 0.5) is 5.82 Å². The Morgan fingerprint density at radius 3 is 2.24 bits per heavy atom. The Morgan fingerprint density at radius 2 is 1.76 bits per heavy atom. The van der Waals surface area contributed by atoms with E-state index in [4.69, 9.17) is 10.5 Å². The Hall–Kier alpha value is -0.325. The lowest BCUT2D eigenvalue weighted by Crippen LogP contribution is -2.31. The average Bonchev–Trinajstić information content (AvgIpc) is 2.51. The van der Waals surface area contributed by atoms with Crippen LogP contribution >= 0.6 is 18.5 Å². The van der Waals surface area contributed by atoms with E-state index in [1.807, 2.05) is 13.0 Å². The monoisotopic (exact) mass is 324 g/mol. The van der Waals surface area contributed by atoms with Gasteiger partial charge in [0.15, 0.2) is 6.71 Å². The number of nitrogens with zero attached hydrogens (tertiary/aromatic N) is 1. The van der Waals surface area contributed by atoms with Gasteiger partial charge in [0.25, 0.3) is 0 Å². The van der Waals surface area contributed by atoms with Crippen LogP contribution in [-0.2, 0) is 0 Å². The molecule has 1 aliphatic heterocycles. The zero-order valence-corrected chi connectivity index (χ0v) is 16.0. The molecule has 1 fully saturated rings. The lowest BCUT2D eigenvalue weighted by atomic mass is 9.42. The van der Waals surface area contributed by atoms with E-state index in [1.165, 1.54) is 5.46 Å². The lowest BCUT2D eigenvalue weighted by molar-refractivity contribution is 0.177. The van der Waals surface area contributed by atoms with Gasteiger partial charge in [-0.15, -0.1) is 0 Å². The number of nitrogens with two attached hydrogens (primary N) is 1. The zero-order chi connectivity index (χ0) is 16.0. The third kappa shape index (κ3) is 3.38. The van der Waals surface area contributed by atoms with Gasteiger partial charge < -0.3 is 10.5 Å². The maximum Gasteiger partial charge on any atom is 0.182 e. The first-order valence-electron chi connectivity index (χ1n) is 7.48. The quantitative estimate of drug-likeness (QED) is 0.686. The molecule has 116 valence electrons. The molecule has 3 nitrogen and oxygen atoms in total. The van der Waals surface area contributed by atoms with Crippen LogP contribution < -0.4 is 15.9 Å². The van der Waals surface area contributed by atoms with Gasteiger partial charge in [-0.05, 0) is 29.3 Å². The molecule has 1 saturated heterocycles. The van der Waals surface area contributed by atoms with Crippen molar-refractivity contribution in [1.29, 1.82) is 0 Å². The molecule has 0 bridgehead atoms. The highest BCUT2D eigenvalue weighted by atomic mass is 31.1. The second-order valence-electron chi connectivity index (χ2n) is 7.51. The van der Waals surface area contributed by atoms with Crippen molar-refractivity contribution in [3.05, 3.63) is 11.8 Å². The van der Waals surface area contributed by atoms with Gasteiger partial charge >= 0.3 is 0 Å². The van der Waals surface area contributed by atoms with Gasteiger partial charge in [0.2, 0.25) is 0 Å². The second-order valence-corrected chi connectivity index (χ2v) is 9.59. The van der Waals surface area contributed by atoms with Gasteiger partial charge in [0.1, 0.15) is 17.2 Å². The first kappa shape index (κ1) is 17.0. The SMILES string of the molecule is Cc1nc(N)cc(B2CC(C)(C)C(C)(C)C2)c1OC(P)P. The topological polar surface area (TPSA) is 48.1 Å². The molecule has 0 radical (unpaired) electrons. The molecule has 2 atom stereocenters. The summed E-state index contributed by atoms with van der Waals surface area (Å²) in [6.45, 7) is 11.9. The van der Waals surface area contributed by atoms with Crippen molar-refractivity contribution in [3.8, 4) is 5.75 Å². The largest absolute Gasteiger partial charge is 0.481 e. The van der Waals surface area contributed by atoms with E-state index < -0.39 is 0 Å². The molecular weight excluding hydrogens is 297 g/mol. The maximum absolute atomic E-state index is 5.99. The van der Waals surface area contributed by atoms with Crippen molar-refractivity contribution in [2.75, 3.05) is 5.73 Å². The highest BCUT2D eigenvalue weighted by Crippen LogP contribution is 2.53. The summed E-state index contributed by atoms with van der Waals surface area (Å²) >= 11 is 0. The van der Waals surface area contributed by atoms with E-state index in [1.54, 1.807) is 0 Å². The van der Waals surface area contributed by atoms with Crippen molar-refractivity contribution in [1.82, 2.24) is 4.98 Å². The summed E-state index contributed by atoms with van der Waals surface area (Å²) in [7, 11) is 5.30. The first-order chi connectivity index (χ1) is 9.53. The summed E-state index contributed by atoms with van der Waals surface area (Å²) in [5.41, 5.74) is 8.68. The molecule has 1 aliphatic rings. The van der Waals surface area contributed by atoms with Crippen LogP contribution in [0.3, 0.4) is 0 Å². The van der Waals surface area contributed by atoms with Gasteiger partial charge in [0.05, 0.1) is 5.69 Å². The van der Waals surface area contributed by atoms with Crippen LogP contribution in [0, 0.1) is 17.8 Å². The van der Waals surface area contributed by atoms with Crippen molar-refractivity contribution >= 4 is 36.5 Å². The first-order valence-corrected chi connectivity index (χ1v) is 8.82. The summed E-state index contributed by atoms with van der Waals surface area (Å²) in [4.78, 5) is 4.37. The van der Waals surface area contributed by atoms with Gasteiger partial charge in [-0.1, -0.05) is 58.8 Å². The predicted molar refractivity (Wildman–Crippen MR) is 99.8 cm³/mol. The van der Waals surface area contributed by atoms with E-state index >= 15 is 0 Å². The summed E-state index contributed by atoms with van der Waals surface area (Å²) in [5, 5.41) is 0. The van der Waals surface area contributed by atoms with Crippen LogP contribution in [0.1, 0.15) is 33.4 Å². The summed E-state index contributed by atoms with van der Waals surface area (Å²) in [6, 6.07) is 2.00. The number of hydrogen-bond acceptors (Lipinski definition) is 3. The molecule has 0 amide bonds. The van der Waals surface area contributed by atoms with Crippen LogP contribution in [0.15, 0.2) is 6.07 Å². The number of pyridine rings is 1. The van der Waals surface area contributed by atoms with Gasteiger partial charge in [-0.25, -0.2) is 4.98 Å². The molecule has 1 aromatic rings. The number of aromatic nitrogens is 1. The minimum atomic E-state index is -0.0182. The fourth-order valence-corrected chi connectivity index (χ4v) is 3.65. The van der Waals surface area contributed by atoms with E-state index in [0.717, 1.165) is 24.1 Å². The summed E-state index contributed by atoms with van der Waals surface area (Å²) < 4.78 is 5.99. The second kappa shape index (κ2) is 5.71. The third-order valence-corrected chi connectivity index (χ3v) is 5.50. The summed E-state index contributed by atoms with van der Waals surface area (Å²) in [5.74, 6) is 1.49. The van der Waals surface area contributed by atoms with Gasteiger partial charge in [-0.3, -0.25) is 0 Å². The molecule has 21 heavy (non-hydrogen) atoms. The lowest BCUT2D eigenvalue weighted by Gasteiger charge is -2.35. The molecule has 1 aromatic heterocycles. The van der Waals surface area contributed by atoms with Crippen LogP contribution in [0.25, 0.3) is 0 Å². The Morgan fingerprint density at radius 1 is 1.24 bits per heavy atom. The number of aryl methyl sites for hydroxylation is 1. The number of hydrogen-bond donors (Lipinski definition) is 1. The smallest absolute Gasteiger partial charge is 0.182 e. The fourth-order valence-electron chi connectivity index (χ4n) is 3.38. The Bertz CT molecular complexity index is 531. The van der Waals surface area contributed by atoms with E-state index in [0.29, 0.717) is 23.4 Å². The minimum absolute atomic E-state index is 0.0182. The predicted octanol–water partition coefficient (Wildman–Crippen LogP) is 3.15. The maximum atomic E-state index is 5.99. The molecule has 0 saturated carbocycles. The van der Waals surface area contributed by atoms with Crippen molar-refractivity contribution in [2.24, 2.45) is 10.8 Å². The molecular formula is C15H27BN2OP2. The van der Waals surface area contributed by atoms with Crippen LogP contribution in [0.5, 0.6) is 5.75 Å². The molecule has 2 heterocycles. The molecule has 6 heteroatoms. The highest BCUT2D eigenvalue weighted by Gasteiger charge is 2.49. The Balaban J connectivity index is 2.45. The number of anilines is 1. The Kier molecular flexibility index (Phi) is 4.63. The number of ether oxygens (including phenoxy) is 1. The van der Waals surface area contributed by atoms with E-state index in [9.17, 15) is 0 Å². The van der Waals surface area contributed by atoms with Crippen molar-refractivity contribution < 1.29 is 4.74 Å². The molecule has 0 aromatic carbocycles. The van der Waals surface area contributed by atoms with Crippen LogP contribution in [0.2, 0.25) is 12.6 Å². The summed E-state index contributed by atoms with van der Waals surface area (Å²) in [6.07, 6.45) is 2.30. The van der Waals surface area contributed by atoms with Crippen LogP contribution in [-0.4, -0.2) is 17.3 Å². The fraction of sp³-hybridized carbons (Fsp3) is 0.667. The van der Waals surface area contributed by atoms with Crippen molar-refractivity contribution in [3.63, 3.8) is 0 Å². The average molecular weight is 324 g/mol.